The lowest BCUT2D eigenvalue weighted by Gasteiger charge is -2.39. The van der Waals surface area contributed by atoms with Crippen molar-refractivity contribution < 1.29 is 9.53 Å². The first kappa shape index (κ1) is 17.0. The topological polar surface area (TPSA) is 63.5 Å². The summed E-state index contributed by atoms with van der Waals surface area (Å²) in [4.78, 5) is 17.0. The van der Waals surface area contributed by atoms with E-state index in [0.29, 0.717) is 5.69 Å². The highest BCUT2D eigenvalue weighted by molar-refractivity contribution is 5.91. The number of aromatic nitrogens is 3. The van der Waals surface area contributed by atoms with Crippen LogP contribution in [0, 0.1) is 11.8 Å². The van der Waals surface area contributed by atoms with Gasteiger partial charge in [0.15, 0.2) is 5.69 Å². The number of carbonyl (C=O) groups is 1. The van der Waals surface area contributed by atoms with Gasteiger partial charge in [0.05, 0.1) is 26.0 Å². The first-order chi connectivity index (χ1) is 12.3. The van der Waals surface area contributed by atoms with Gasteiger partial charge in [0, 0.05) is 32.7 Å². The summed E-state index contributed by atoms with van der Waals surface area (Å²) >= 11 is 0. The van der Waals surface area contributed by atoms with Crippen LogP contribution in [0.5, 0.6) is 0 Å². The number of morpholine rings is 1. The van der Waals surface area contributed by atoms with E-state index in [-0.39, 0.29) is 5.91 Å². The third kappa shape index (κ3) is 4.03. The maximum Gasteiger partial charge on any atom is 0.276 e. The van der Waals surface area contributed by atoms with Gasteiger partial charge in [0.2, 0.25) is 0 Å². The van der Waals surface area contributed by atoms with Crippen molar-refractivity contribution >= 4 is 5.91 Å². The van der Waals surface area contributed by atoms with E-state index in [1.165, 1.54) is 19.3 Å². The van der Waals surface area contributed by atoms with Crippen molar-refractivity contribution in [1.82, 2.24) is 24.8 Å². The van der Waals surface area contributed by atoms with Crippen molar-refractivity contribution in [2.75, 3.05) is 45.9 Å². The van der Waals surface area contributed by atoms with Gasteiger partial charge >= 0.3 is 0 Å². The number of amides is 1. The molecule has 0 N–H and O–H groups in total. The Labute approximate surface area is 149 Å². The number of piperidine rings is 1. The number of nitrogens with zero attached hydrogens (tertiary/aromatic N) is 5. The predicted molar refractivity (Wildman–Crippen MR) is 93.2 cm³/mol. The Morgan fingerprint density at radius 1 is 1.04 bits per heavy atom. The maximum atomic E-state index is 12.7. The van der Waals surface area contributed by atoms with Crippen LogP contribution in [0.4, 0.5) is 0 Å². The molecule has 2 aliphatic heterocycles. The number of likely N-dealkylation sites (tertiary alicyclic amines) is 1. The Balaban J connectivity index is 1.25. The molecule has 1 aromatic rings. The summed E-state index contributed by atoms with van der Waals surface area (Å²) in [6.07, 6.45) is 8.31. The minimum atomic E-state index is 0.0460. The summed E-state index contributed by atoms with van der Waals surface area (Å²) in [5.74, 6) is 1.81. The van der Waals surface area contributed by atoms with Gasteiger partial charge in [-0.2, -0.15) is 0 Å². The lowest BCUT2D eigenvalue weighted by atomic mass is 9.72. The van der Waals surface area contributed by atoms with Gasteiger partial charge in [0.25, 0.3) is 5.91 Å². The molecule has 1 amide bonds. The smallest absolute Gasteiger partial charge is 0.276 e. The molecule has 3 fully saturated rings. The molecule has 0 unspecified atom stereocenters. The molecule has 7 nitrogen and oxygen atoms in total. The molecule has 1 saturated carbocycles. The molecule has 138 valence electrons. The molecule has 3 heterocycles. The standard InChI is InChI=1S/C18H29N5O2/c24-18(22-6-4-16(5-7-22)15-2-1-3-15)17-14-23(20-19-17)9-8-21-10-12-25-13-11-21/h14-16H,1-13H2. The molecule has 0 aromatic carbocycles. The van der Waals surface area contributed by atoms with Crippen molar-refractivity contribution in [3.05, 3.63) is 11.9 Å². The summed E-state index contributed by atoms with van der Waals surface area (Å²) in [6.45, 7) is 6.99. The fourth-order valence-corrected chi connectivity index (χ4v) is 4.22. The zero-order chi connectivity index (χ0) is 17.1. The summed E-state index contributed by atoms with van der Waals surface area (Å²) < 4.78 is 7.16. The van der Waals surface area contributed by atoms with Crippen molar-refractivity contribution in [3.63, 3.8) is 0 Å². The molecule has 0 atom stereocenters. The van der Waals surface area contributed by atoms with Crippen LogP contribution in [-0.4, -0.2) is 76.6 Å². The van der Waals surface area contributed by atoms with Crippen LogP contribution < -0.4 is 0 Å². The number of rotatable bonds is 5. The average Bonchev–Trinajstić information content (AvgIpc) is 3.08. The zero-order valence-electron chi connectivity index (χ0n) is 15.0. The van der Waals surface area contributed by atoms with Crippen LogP contribution in [0.25, 0.3) is 0 Å². The van der Waals surface area contributed by atoms with Gasteiger partial charge in [-0.1, -0.05) is 24.5 Å². The highest BCUT2D eigenvalue weighted by Gasteiger charge is 2.32. The highest BCUT2D eigenvalue weighted by Crippen LogP contribution is 2.38. The molecule has 4 rings (SSSR count). The van der Waals surface area contributed by atoms with Crippen molar-refractivity contribution in [2.24, 2.45) is 11.8 Å². The number of hydrogen-bond acceptors (Lipinski definition) is 5. The quantitative estimate of drug-likeness (QED) is 0.802. The lowest BCUT2D eigenvalue weighted by Crippen LogP contribution is -2.41. The van der Waals surface area contributed by atoms with Crippen molar-refractivity contribution in [1.29, 1.82) is 0 Å². The van der Waals surface area contributed by atoms with E-state index < -0.39 is 0 Å². The molecule has 25 heavy (non-hydrogen) atoms. The summed E-state index contributed by atoms with van der Waals surface area (Å²) in [5.41, 5.74) is 0.490. The third-order valence-corrected chi connectivity index (χ3v) is 6.15. The molecule has 7 heteroatoms. The molecular formula is C18H29N5O2. The molecule has 3 aliphatic rings. The predicted octanol–water partition coefficient (Wildman–Crippen LogP) is 1.26. The van der Waals surface area contributed by atoms with Crippen LogP contribution in [-0.2, 0) is 11.3 Å². The minimum Gasteiger partial charge on any atom is -0.379 e. The van der Waals surface area contributed by atoms with Crippen molar-refractivity contribution in [3.8, 4) is 0 Å². The summed E-state index contributed by atoms with van der Waals surface area (Å²) in [7, 11) is 0. The van der Waals surface area contributed by atoms with Gasteiger partial charge in [-0.25, -0.2) is 0 Å². The fraction of sp³-hybridized carbons (Fsp3) is 0.833. The van der Waals surface area contributed by atoms with E-state index in [9.17, 15) is 4.79 Å². The van der Waals surface area contributed by atoms with Gasteiger partial charge in [-0.15, -0.1) is 5.10 Å². The average molecular weight is 347 g/mol. The highest BCUT2D eigenvalue weighted by atomic mass is 16.5. The van der Waals surface area contributed by atoms with Gasteiger partial charge in [-0.05, 0) is 24.7 Å². The summed E-state index contributed by atoms with van der Waals surface area (Å²) in [6, 6.07) is 0. The minimum absolute atomic E-state index is 0.0460. The van der Waals surface area contributed by atoms with Crippen LogP contribution in [0.1, 0.15) is 42.6 Å². The fourth-order valence-electron chi connectivity index (χ4n) is 4.22. The Bertz CT molecular complexity index is 572. The van der Waals surface area contributed by atoms with E-state index in [0.717, 1.165) is 77.2 Å². The molecule has 2 saturated heterocycles. The van der Waals surface area contributed by atoms with Crippen LogP contribution in [0.3, 0.4) is 0 Å². The van der Waals surface area contributed by atoms with Gasteiger partial charge < -0.3 is 9.64 Å². The maximum absolute atomic E-state index is 12.7. The molecule has 0 radical (unpaired) electrons. The van der Waals surface area contributed by atoms with E-state index in [1.54, 1.807) is 10.9 Å². The Morgan fingerprint density at radius 2 is 1.76 bits per heavy atom. The monoisotopic (exact) mass is 347 g/mol. The Morgan fingerprint density at radius 3 is 2.44 bits per heavy atom. The number of hydrogen-bond donors (Lipinski definition) is 0. The Hall–Kier alpha value is -1.47. The second-order valence-electron chi connectivity index (χ2n) is 7.64. The number of carbonyl (C=O) groups excluding carboxylic acids is 1. The molecule has 1 aromatic heterocycles. The number of ether oxygens (including phenoxy) is 1. The molecule has 0 spiro atoms. The van der Waals surface area contributed by atoms with Crippen LogP contribution >= 0.6 is 0 Å². The molecular weight excluding hydrogens is 318 g/mol. The van der Waals surface area contributed by atoms with Gasteiger partial charge in [-0.3, -0.25) is 14.4 Å². The normalized spacial score (nSPS) is 23.6. The third-order valence-electron chi connectivity index (χ3n) is 6.15. The summed E-state index contributed by atoms with van der Waals surface area (Å²) in [5, 5.41) is 8.26. The first-order valence-corrected chi connectivity index (χ1v) is 9.79. The van der Waals surface area contributed by atoms with E-state index in [1.807, 2.05) is 4.90 Å². The Kier molecular flexibility index (Phi) is 5.31. The van der Waals surface area contributed by atoms with Crippen LogP contribution in [0.2, 0.25) is 0 Å². The second-order valence-corrected chi connectivity index (χ2v) is 7.64. The van der Waals surface area contributed by atoms with E-state index >= 15 is 0 Å². The first-order valence-electron chi connectivity index (χ1n) is 9.79. The molecule has 1 aliphatic carbocycles. The molecule has 0 bridgehead atoms. The van der Waals surface area contributed by atoms with E-state index in [2.05, 4.69) is 15.2 Å². The van der Waals surface area contributed by atoms with Crippen LogP contribution in [0.15, 0.2) is 6.20 Å². The second kappa shape index (κ2) is 7.83. The van der Waals surface area contributed by atoms with Crippen molar-refractivity contribution in [2.45, 2.75) is 38.6 Å². The SMILES string of the molecule is O=C(c1cn(CCN2CCOCC2)nn1)N1CCC(C2CCC2)CC1. The largest absolute Gasteiger partial charge is 0.379 e. The van der Waals surface area contributed by atoms with E-state index in [4.69, 9.17) is 4.74 Å². The zero-order valence-corrected chi connectivity index (χ0v) is 15.0. The van der Waals surface area contributed by atoms with Gasteiger partial charge in [0.1, 0.15) is 0 Å². The lowest BCUT2D eigenvalue weighted by molar-refractivity contribution is 0.0359.